The number of aliphatic hydroxyl groups excluding tert-OH is 1. The molecule has 88 valence electrons. The Balaban J connectivity index is 4.76. The lowest BCUT2D eigenvalue weighted by Gasteiger charge is -2.24. The van der Waals surface area contributed by atoms with Crippen LogP contribution in [0.3, 0.4) is 0 Å². The molecule has 0 radical (unpaired) electrons. The summed E-state index contributed by atoms with van der Waals surface area (Å²) >= 11 is 0. The number of ether oxygens (including phenoxy) is 1. The average molecular weight is 212 g/mol. The summed E-state index contributed by atoms with van der Waals surface area (Å²) < 4.78 is 5.51. The summed E-state index contributed by atoms with van der Waals surface area (Å²) in [7, 11) is 1.74. The maximum atomic E-state index is 9.01. The normalized spacial score (nSPS) is 17.7. The van der Waals surface area contributed by atoms with Crippen molar-refractivity contribution in [2.24, 2.45) is 5.92 Å². The molecule has 0 bridgehead atoms. The Hall–Kier alpha value is -0.600. The van der Waals surface area contributed by atoms with Crippen molar-refractivity contribution in [3.8, 4) is 0 Å². The van der Waals surface area contributed by atoms with Crippen molar-refractivity contribution in [2.45, 2.75) is 40.2 Å². The summed E-state index contributed by atoms with van der Waals surface area (Å²) in [6.45, 7) is 8.32. The average Bonchev–Trinajstić information content (AvgIpc) is 2.27. The molecule has 15 heavy (non-hydrogen) atoms. The maximum Gasteiger partial charge on any atom is 0.0840 e. The van der Waals surface area contributed by atoms with Crippen molar-refractivity contribution in [2.75, 3.05) is 13.7 Å². The third-order valence-electron chi connectivity index (χ3n) is 2.77. The van der Waals surface area contributed by atoms with E-state index in [0.717, 1.165) is 12.0 Å². The van der Waals surface area contributed by atoms with E-state index >= 15 is 0 Å². The molecule has 2 atom stereocenters. The van der Waals surface area contributed by atoms with Crippen LogP contribution in [0.15, 0.2) is 23.3 Å². The molecule has 2 heteroatoms. The van der Waals surface area contributed by atoms with Gasteiger partial charge in [-0.25, -0.2) is 0 Å². The molecule has 0 aromatic carbocycles. The molecule has 0 aliphatic carbocycles. The van der Waals surface area contributed by atoms with Crippen LogP contribution >= 0.6 is 0 Å². The Morgan fingerprint density at radius 1 is 1.40 bits per heavy atom. The van der Waals surface area contributed by atoms with E-state index in [1.807, 2.05) is 13.8 Å². The highest BCUT2D eigenvalue weighted by Gasteiger charge is 2.18. The molecule has 0 saturated carbocycles. The van der Waals surface area contributed by atoms with Crippen LogP contribution in [0.1, 0.15) is 34.1 Å². The Labute approximate surface area is 93.6 Å². The zero-order chi connectivity index (χ0) is 11.8. The van der Waals surface area contributed by atoms with Gasteiger partial charge in [0.2, 0.25) is 0 Å². The van der Waals surface area contributed by atoms with Gasteiger partial charge in [-0.2, -0.15) is 0 Å². The summed E-state index contributed by atoms with van der Waals surface area (Å²) in [4.78, 5) is 0. The molecular weight excluding hydrogens is 188 g/mol. The second-order valence-electron chi connectivity index (χ2n) is 3.93. The van der Waals surface area contributed by atoms with Gasteiger partial charge in [-0.1, -0.05) is 24.6 Å². The lowest BCUT2D eigenvalue weighted by molar-refractivity contribution is 0.0953. The molecule has 0 aromatic rings. The molecule has 0 amide bonds. The first-order valence-electron chi connectivity index (χ1n) is 5.54. The van der Waals surface area contributed by atoms with Crippen molar-refractivity contribution in [3.63, 3.8) is 0 Å². The van der Waals surface area contributed by atoms with Gasteiger partial charge in [-0.3, -0.25) is 0 Å². The minimum Gasteiger partial charge on any atom is -0.392 e. The minimum absolute atomic E-state index is 0.126. The quantitative estimate of drug-likeness (QED) is 0.686. The van der Waals surface area contributed by atoms with Gasteiger partial charge in [-0.15, -0.1) is 0 Å². The predicted molar refractivity (Wildman–Crippen MR) is 64.9 cm³/mol. The van der Waals surface area contributed by atoms with Gasteiger partial charge >= 0.3 is 0 Å². The number of methoxy groups -OCH3 is 1. The van der Waals surface area contributed by atoms with E-state index in [1.165, 1.54) is 5.57 Å². The van der Waals surface area contributed by atoms with Crippen LogP contribution < -0.4 is 0 Å². The maximum absolute atomic E-state index is 9.01. The van der Waals surface area contributed by atoms with Crippen molar-refractivity contribution < 1.29 is 9.84 Å². The molecule has 0 fully saturated rings. The highest BCUT2D eigenvalue weighted by Crippen LogP contribution is 2.21. The topological polar surface area (TPSA) is 29.5 Å². The second kappa shape index (κ2) is 7.66. The van der Waals surface area contributed by atoms with E-state index in [9.17, 15) is 0 Å². The van der Waals surface area contributed by atoms with Crippen molar-refractivity contribution in [1.29, 1.82) is 0 Å². The zero-order valence-electron chi connectivity index (χ0n) is 10.6. The van der Waals surface area contributed by atoms with E-state index in [4.69, 9.17) is 9.84 Å². The van der Waals surface area contributed by atoms with Crippen LogP contribution in [0, 0.1) is 5.92 Å². The van der Waals surface area contributed by atoms with Gasteiger partial charge in [-0.05, 0) is 32.8 Å². The second-order valence-corrected chi connectivity index (χ2v) is 3.93. The van der Waals surface area contributed by atoms with Crippen LogP contribution in [-0.2, 0) is 4.74 Å². The van der Waals surface area contributed by atoms with Crippen LogP contribution in [0.2, 0.25) is 0 Å². The molecule has 0 aliphatic heterocycles. The van der Waals surface area contributed by atoms with E-state index in [-0.39, 0.29) is 12.7 Å². The molecule has 0 aromatic heterocycles. The van der Waals surface area contributed by atoms with Gasteiger partial charge in [0.05, 0.1) is 12.7 Å². The molecule has 2 nitrogen and oxygen atoms in total. The molecule has 0 unspecified atom stereocenters. The van der Waals surface area contributed by atoms with Crippen LogP contribution in [0.25, 0.3) is 0 Å². The van der Waals surface area contributed by atoms with Gasteiger partial charge in [0.25, 0.3) is 0 Å². The summed E-state index contributed by atoms with van der Waals surface area (Å²) in [6, 6.07) is 0. The molecule has 0 rings (SSSR count). The number of hydrogen-bond acceptors (Lipinski definition) is 2. The lowest BCUT2D eigenvalue weighted by Crippen LogP contribution is -2.22. The smallest absolute Gasteiger partial charge is 0.0840 e. The molecule has 1 N–H and O–H groups in total. The van der Waals surface area contributed by atoms with Crippen LogP contribution in [0.5, 0.6) is 0 Å². The Morgan fingerprint density at radius 2 is 2.00 bits per heavy atom. The fourth-order valence-electron chi connectivity index (χ4n) is 1.70. The van der Waals surface area contributed by atoms with Crippen molar-refractivity contribution in [1.82, 2.24) is 0 Å². The Bertz CT molecular complexity index is 229. The van der Waals surface area contributed by atoms with Gasteiger partial charge in [0.1, 0.15) is 0 Å². The molecule has 0 aliphatic rings. The fraction of sp³-hybridized carbons (Fsp3) is 0.692. The van der Waals surface area contributed by atoms with Gasteiger partial charge in [0, 0.05) is 13.0 Å². The SMILES string of the molecule is C/C=C(\C)[C@@H](OC)[C@@H](/C=C(/C)CO)CC. The first-order chi connectivity index (χ1) is 7.10. The van der Waals surface area contributed by atoms with E-state index in [1.54, 1.807) is 7.11 Å². The summed E-state index contributed by atoms with van der Waals surface area (Å²) in [5.74, 6) is 0.346. The number of rotatable bonds is 6. The molecular formula is C13H24O2. The highest BCUT2D eigenvalue weighted by molar-refractivity contribution is 5.12. The first-order valence-corrected chi connectivity index (χ1v) is 5.54. The Kier molecular flexibility index (Phi) is 7.35. The Morgan fingerprint density at radius 3 is 2.33 bits per heavy atom. The number of allylic oxidation sites excluding steroid dienone is 1. The van der Waals surface area contributed by atoms with E-state index < -0.39 is 0 Å². The predicted octanol–water partition coefficient (Wildman–Crippen LogP) is 2.93. The summed E-state index contributed by atoms with van der Waals surface area (Å²) in [5, 5.41) is 9.01. The van der Waals surface area contributed by atoms with E-state index in [2.05, 4.69) is 26.0 Å². The fourth-order valence-corrected chi connectivity index (χ4v) is 1.70. The third-order valence-corrected chi connectivity index (χ3v) is 2.77. The summed E-state index contributed by atoms with van der Waals surface area (Å²) in [6.07, 6.45) is 5.34. The molecule has 0 heterocycles. The molecule has 0 spiro atoms. The number of hydrogen-bond donors (Lipinski definition) is 1. The minimum atomic E-state index is 0.126. The largest absolute Gasteiger partial charge is 0.392 e. The number of aliphatic hydroxyl groups is 1. The van der Waals surface area contributed by atoms with Gasteiger partial charge < -0.3 is 9.84 Å². The van der Waals surface area contributed by atoms with E-state index in [0.29, 0.717) is 5.92 Å². The third kappa shape index (κ3) is 4.63. The zero-order valence-corrected chi connectivity index (χ0v) is 10.6. The highest BCUT2D eigenvalue weighted by atomic mass is 16.5. The van der Waals surface area contributed by atoms with Crippen LogP contribution in [-0.4, -0.2) is 24.9 Å². The summed E-state index contributed by atoms with van der Waals surface area (Å²) in [5.41, 5.74) is 2.25. The van der Waals surface area contributed by atoms with Crippen molar-refractivity contribution in [3.05, 3.63) is 23.3 Å². The van der Waals surface area contributed by atoms with Crippen LogP contribution in [0.4, 0.5) is 0 Å². The standard InChI is InChI=1S/C13H24O2/c1-6-11(4)13(15-5)12(7-2)8-10(3)9-14/h6,8,12-14H,7,9H2,1-5H3/b10-8-,11-6+/t12-,13-/m1/s1. The monoisotopic (exact) mass is 212 g/mol. The van der Waals surface area contributed by atoms with Gasteiger partial charge in [0.15, 0.2) is 0 Å². The molecule has 0 saturated heterocycles. The lowest BCUT2D eigenvalue weighted by atomic mass is 9.92. The first kappa shape index (κ1) is 14.4. The van der Waals surface area contributed by atoms with Crippen molar-refractivity contribution >= 4 is 0 Å².